The van der Waals surface area contributed by atoms with Gasteiger partial charge in [0.25, 0.3) is 0 Å². The third kappa shape index (κ3) is 4.47. The number of rotatable bonds is 8. The molecule has 0 bridgehead atoms. The van der Waals surface area contributed by atoms with E-state index in [0.29, 0.717) is 0 Å². The second kappa shape index (κ2) is 8.56. The number of methoxy groups -OCH3 is 3. The fourth-order valence-corrected chi connectivity index (χ4v) is 2.65. The van der Waals surface area contributed by atoms with Crippen molar-refractivity contribution in [2.24, 2.45) is 0 Å². The standard InChI is InChI=1S/C19H25NO3/c1-14(20-13-16-7-5-6-8-18(16)22-3)19(23-4)15-9-11-17(21-2)12-10-15/h5-12,14,19-20H,13H2,1-4H3. The number of hydrogen-bond acceptors (Lipinski definition) is 4. The van der Waals surface area contributed by atoms with Crippen LogP contribution in [0.1, 0.15) is 24.2 Å². The predicted molar refractivity (Wildman–Crippen MR) is 92.0 cm³/mol. The van der Waals surface area contributed by atoms with Gasteiger partial charge in [-0.1, -0.05) is 30.3 Å². The van der Waals surface area contributed by atoms with Crippen LogP contribution in [0.3, 0.4) is 0 Å². The Morgan fingerprint density at radius 3 is 2.22 bits per heavy atom. The smallest absolute Gasteiger partial charge is 0.123 e. The molecule has 0 saturated carbocycles. The Morgan fingerprint density at radius 2 is 1.61 bits per heavy atom. The fourth-order valence-electron chi connectivity index (χ4n) is 2.65. The van der Waals surface area contributed by atoms with Gasteiger partial charge in [-0.25, -0.2) is 0 Å². The molecule has 23 heavy (non-hydrogen) atoms. The van der Waals surface area contributed by atoms with Crippen molar-refractivity contribution in [3.8, 4) is 11.5 Å². The molecule has 4 nitrogen and oxygen atoms in total. The van der Waals surface area contributed by atoms with Gasteiger partial charge in [-0.15, -0.1) is 0 Å². The van der Waals surface area contributed by atoms with Crippen LogP contribution in [0, 0.1) is 0 Å². The van der Waals surface area contributed by atoms with Crippen molar-refractivity contribution in [1.82, 2.24) is 5.32 Å². The van der Waals surface area contributed by atoms with Crippen molar-refractivity contribution in [2.75, 3.05) is 21.3 Å². The van der Waals surface area contributed by atoms with E-state index in [1.165, 1.54) is 0 Å². The summed E-state index contributed by atoms with van der Waals surface area (Å²) in [5.74, 6) is 1.74. The molecule has 2 aromatic rings. The minimum atomic E-state index is -0.0318. The van der Waals surface area contributed by atoms with Crippen LogP contribution < -0.4 is 14.8 Å². The first-order valence-corrected chi connectivity index (χ1v) is 7.71. The van der Waals surface area contributed by atoms with Crippen LogP contribution >= 0.6 is 0 Å². The highest BCUT2D eigenvalue weighted by Crippen LogP contribution is 2.24. The first-order chi connectivity index (χ1) is 11.2. The van der Waals surface area contributed by atoms with Crippen molar-refractivity contribution < 1.29 is 14.2 Å². The zero-order chi connectivity index (χ0) is 16.7. The van der Waals surface area contributed by atoms with E-state index < -0.39 is 0 Å². The van der Waals surface area contributed by atoms with E-state index in [0.717, 1.165) is 29.2 Å². The summed E-state index contributed by atoms with van der Waals surface area (Å²) in [5.41, 5.74) is 2.25. The molecule has 0 aliphatic carbocycles. The molecule has 0 radical (unpaired) electrons. The van der Waals surface area contributed by atoms with Crippen molar-refractivity contribution in [3.05, 3.63) is 59.7 Å². The molecule has 4 heteroatoms. The van der Waals surface area contributed by atoms with Crippen LogP contribution in [0.4, 0.5) is 0 Å². The molecule has 2 atom stereocenters. The molecule has 2 rings (SSSR count). The van der Waals surface area contributed by atoms with Gasteiger partial charge in [-0.3, -0.25) is 0 Å². The number of nitrogens with one attached hydrogen (secondary N) is 1. The summed E-state index contributed by atoms with van der Waals surface area (Å²) in [7, 11) is 5.09. The van der Waals surface area contributed by atoms with E-state index in [2.05, 4.69) is 18.3 Å². The molecule has 0 aliphatic rings. The zero-order valence-electron chi connectivity index (χ0n) is 14.2. The third-order valence-electron chi connectivity index (χ3n) is 3.96. The molecule has 0 spiro atoms. The molecule has 2 unspecified atom stereocenters. The van der Waals surface area contributed by atoms with Crippen molar-refractivity contribution in [1.29, 1.82) is 0 Å². The molecule has 1 N–H and O–H groups in total. The van der Waals surface area contributed by atoms with E-state index in [1.807, 2.05) is 42.5 Å². The van der Waals surface area contributed by atoms with Crippen molar-refractivity contribution >= 4 is 0 Å². The predicted octanol–water partition coefficient (Wildman–Crippen LogP) is 3.57. The Balaban J connectivity index is 2.03. The zero-order valence-corrected chi connectivity index (χ0v) is 14.2. The lowest BCUT2D eigenvalue weighted by Crippen LogP contribution is -2.32. The summed E-state index contributed by atoms with van der Waals surface area (Å²) in [6, 6.07) is 16.2. The van der Waals surface area contributed by atoms with Gasteiger partial charge in [0.15, 0.2) is 0 Å². The lowest BCUT2D eigenvalue weighted by molar-refractivity contribution is 0.0728. The van der Waals surface area contributed by atoms with Gasteiger partial charge in [-0.2, -0.15) is 0 Å². The van der Waals surface area contributed by atoms with Crippen LogP contribution in [0.25, 0.3) is 0 Å². The van der Waals surface area contributed by atoms with Crippen LogP contribution in [-0.4, -0.2) is 27.4 Å². The molecule has 0 aromatic heterocycles. The van der Waals surface area contributed by atoms with Gasteiger partial charge in [0.05, 0.1) is 20.3 Å². The van der Waals surface area contributed by atoms with Gasteiger partial charge in [0.2, 0.25) is 0 Å². The second-order valence-corrected chi connectivity index (χ2v) is 5.41. The molecular formula is C19H25NO3. The average Bonchev–Trinajstić information content (AvgIpc) is 2.61. The Labute approximate surface area is 138 Å². The highest BCUT2D eigenvalue weighted by Gasteiger charge is 2.19. The average molecular weight is 315 g/mol. The Hall–Kier alpha value is -2.04. The molecule has 0 saturated heterocycles. The maximum absolute atomic E-state index is 5.68. The molecule has 0 aliphatic heterocycles. The van der Waals surface area contributed by atoms with Gasteiger partial charge in [-0.05, 0) is 30.7 Å². The maximum atomic E-state index is 5.68. The van der Waals surface area contributed by atoms with Gasteiger partial charge < -0.3 is 19.5 Å². The summed E-state index contributed by atoms with van der Waals surface area (Å²) >= 11 is 0. The SMILES string of the molecule is COc1ccc(C(OC)C(C)NCc2ccccc2OC)cc1. The second-order valence-electron chi connectivity index (χ2n) is 5.41. The lowest BCUT2D eigenvalue weighted by Gasteiger charge is -2.25. The van der Waals surface area contributed by atoms with Gasteiger partial charge in [0.1, 0.15) is 11.5 Å². The van der Waals surface area contributed by atoms with Crippen LogP contribution in [0.5, 0.6) is 11.5 Å². The Kier molecular flexibility index (Phi) is 6.44. The van der Waals surface area contributed by atoms with Crippen molar-refractivity contribution in [3.63, 3.8) is 0 Å². The fraction of sp³-hybridized carbons (Fsp3) is 0.368. The van der Waals surface area contributed by atoms with E-state index in [9.17, 15) is 0 Å². The minimum absolute atomic E-state index is 0.0318. The van der Waals surface area contributed by atoms with E-state index >= 15 is 0 Å². The molecule has 0 fully saturated rings. The summed E-state index contributed by atoms with van der Waals surface area (Å²) in [6.45, 7) is 2.84. The maximum Gasteiger partial charge on any atom is 0.123 e. The number of hydrogen-bond donors (Lipinski definition) is 1. The van der Waals surface area contributed by atoms with Crippen molar-refractivity contribution in [2.45, 2.75) is 25.6 Å². The summed E-state index contributed by atoms with van der Waals surface area (Å²) in [5, 5.41) is 3.52. The molecule has 124 valence electrons. The topological polar surface area (TPSA) is 39.7 Å². The summed E-state index contributed by atoms with van der Waals surface area (Å²) in [6.07, 6.45) is -0.0318. The van der Waals surface area contributed by atoms with Crippen LogP contribution in [0.15, 0.2) is 48.5 Å². The van der Waals surface area contributed by atoms with E-state index in [1.54, 1.807) is 21.3 Å². The quantitative estimate of drug-likeness (QED) is 0.808. The van der Waals surface area contributed by atoms with Crippen LogP contribution in [-0.2, 0) is 11.3 Å². The molecule has 0 amide bonds. The summed E-state index contributed by atoms with van der Waals surface area (Å²) in [4.78, 5) is 0. The number of benzene rings is 2. The minimum Gasteiger partial charge on any atom is -0.497 e. The first kappa shape index (κ1) is 17.3. The number of para-hydroxylation sites is 1. The van der Waals surface area contributed by atoms with Gasteiger partial charge in [0, 0.05) is 25.3 Å². The molecule has 0 heterocycles. The van der Waals surface area contributed by atoms with E-state index in [-0.39, 0.29) is 12.1 Å². The molecular weight excluding hydrogens is 290 g/mol. The highest BCUT2D eigenvalue weighted by atomic mass is 16.5. The lowest BCUT2D eigenvalue weighted by atomic mass is 10.0. The van der Waals surface area contributed by atoms with E-state index in [4.69, 9.17) is 14.2 Å². The Bertz CT molecular complexity index is 598. The normalized spacial score (nSPS) is 13.4. The number of ether oxygens (including phenoxy) is 3. The largest absolute Gasteiger partial charge is 0.497 e. The third-order valence-corrected chi connectivity index (χ3v) is 3.96. The monoisotopic (exact) mass is 315 g/mol. The first-order valence-electron chi connectivity index (χ1n) is 7.71. The molecule has 2 aromatic carbocycles. The van der Waals surface area contributed by atoms with Crippen LogP contribution in [0.2, 0.25) is 0 Å². The van der Waals surface area contributed by atoms with Gasteiger partial charge >= 0.3 is 0 Å². The highest BCUT2D eigenvalue weighted by molar-refractivity contribution is 5.33. The summed E-state index contributed by atoms with van der Waals surface area (Å²) < 4.78 is 16.3. The Morgan fingerprint density at radius 1 is 0.913 bits per heavy atom.